The van der Waals surface area contributed by atoms with E-state index in [4.69, 9.17) is 34.8 Å². The number of halogens is 3. The summed E-state index contributed by atoms with van der Waals surface area (Å²) in [6, 6.07) is 18.1. The van der Waals surface area contributed by atoms with E-state index in [1.54, 1.807) is 61.5 Å². The maximum absolute atomic E-state index is 13.9. The number of carbonyl (C=O) groups excluding carboxylic acids is 2. The maximum atomic E-state index is 13.9. The van der Waals surface area contributed by atoms with Crippen molar-refractivity contribution in [3.63, 3.8) is 0 Å². The van der Waals surface area contributed by atoms with Crippen LogP contribution < -0.4 is 9.62 Å². The van der Waals surface area contributed by atoms with Crippen molar-refractivity contribution in [2.24, 2.45) is 0 Å². The Bertz CT molecular complexity index is 1380. The summed E-state index contributed by atoms with van der Waals surface area (Å²) in [4.78, 5) is 28.2. The fraction of sp³-hybridized carbons (Fsp3) is 0.286. The molecule has 3 aromatic rings. The van der Waals surface area contributed by atoms with E-state index in [1.165, 1.54) is 23.1 Å². The molecule has 1 N–H and O–H groups in total. The van der Waals surface area contributed by atoms with Gasteiger partial charge in [0.15, 0.2) is 0 Å². The first kappa shape index (κ1) is 30.8. The summed E-state index contributed by atoms with van der Waals surface area (Å²) in [5.74, 6) is -1.02. The lowest BCUT2D eigenvalue weighted by Crippen LogP contribution is -2.51. The Kier molecular flexibility index (Phi) is 11.1. The normalized spacial score (nSPS) is 12.0. The Balaban J connectivity index is 2.04. The van der Waals surface area contributed by atoms with Crippen LogP contribution in [0.1, 0.15) is 32.3 Å². The highest BCUT2D eigenvalue weighted by molar-refractivity contribution is 7.92. The molecular formula is C28H30Cl3N3O4S. The van der Waals surface area contributed by atoms with Gasteiger partial charge in [0.1, 0.15) is 12.6 Å². The lowest BCUT2D eigenvalue weighted by atomic mass is 10.1. The Morgan fingerprint density at radius 1 is 0.872 bits per heavy atom. The molecular weight excluding hydrogens is 581 g/mol. The number of anilines is 1. The van der Waals surface area contributed by atoms with Crippen LogP contribution in [0.4, 0.5) is 5.69 Å². The molecule has 0 saturated heterocycles. The third-order valence-electron chi connectivity index (χ3n) is 6.12. The van der Waals surface area contributed by atoms with Gasteiger partial charge >= 0.3 is 0 Å². The number of para-hydroxylation sites is 1. The molecule has 7 nitrogen and oxygen atoms in total. The Morgan fingerprint density at radius 2 is 1.46 bits per heavy atom. The SMILES string of the molecule is CCCCNC(=O)[C@H](C)N(Cc1c(Cl)cccc1Cl)C(=O)CN(c1ccccc1Cl)S(=O)(=O)c1ccccc1. The zero-order chi connectivity index (χ0) is 28.6. The van der Waals surface area contributed by atoms with Gasteiger partial charge in [-0.15, -0.1) is 0 Å². The van der Waals surface area contributed by atoms with Gasteiger partial charge in [-0.1, -0.05) is 84.5 Å². The van der Waals surface area contributed by atoms with Crippen LogP contribution in [0.3, 0.4) is 0 Å². The predicted octanol–water partition coefficient (Wildman–Crippen LogP) is 6.18. The van der Waals surface area contributed by atoms with Crippen LogP contribution in [0, 0.1) is 0 Å². The van der Waals surface area contributed by atoms with Crippen LogP contribution >= 0.6 is 34.8 Å². The summed E-state index contributed by atoms with van der Waals surface area (Å²) in [7, 11) is -4.21. The number of benzene rings is 3. The molecule has 0 aromatic heterocycles. The Hall–Kier alpha value is -2.78. The molecule has 1 atom stereocenters. The van der Waals surface area contributed by atoms with Gasteiger partial charge in [0.25, 0.3) is 10.0 Å². The number of nitrogens with one attached hydrogen (secondary N) is 1. The van der Waals surface area contributed by atoms with E-state index in [2.05, 4.69) is 5.32 Å². The molecule has 0 saturated carbocycles. The van der Waals surface area contributed by atoms with Crippen molar-refractivity contribution in [1.82, 2.24) is 10.2 Å². The molecule has 208 valence electrons. The number of hydrogen-bond donors (Lipinski definition) is 1. The van der Waals surface area contributed by atoms with E-state index in [9.17, 15) is 18.0 Å². The molecule has 0 fully saturated rings. The number of amides is 2. The van der Waals surface area contributed by atoms with E-state index in [1.807, 2.05) is 6.92 Å². The molecule has 39 heavy (non-hydrogen) atoms. The predicted molar refractivity (Wildman–Crippen MR) is 157 cm³/mol. The van der Waals surface area contributed by atoms with Crippen molar-refractivity contribution in [2.75, 3.05) is 17.4 Å². The lowest BCUT2D eigenvalue weighted by Gasteiger charge is -2.32. The van der Waals surface area contributed by atoms with Crippen molar-refractivity contribution >= 4 is 62.3 Å². The first-order chi connectivity index (χ1) is 18.6. The van der Waals surface area contributed by atoms with Gasteiger partial charge in [0.05, 0.1) is 15.6 Å². The van der Waals surface area contributed by atoms with Gasteiger partial charge in [0.2, 0.25) is 11.8 Å². The van der Waals surface area contributed by atoms with Gasteiger partial charge in [-0.3, -0.25) is 13.9 Å². The summed E-state index contributed by atoms with van der Waals surface area (Å²) in [5, 5.41) is 3.62. The number of unbranched alkanes of at least 4 members (excludes halogenated alkanes) is 1. The van der Waals surface area contributed by atoms with Gasteiger partial charge in [-0.05, 0) is 49.7 Å². The van der Waals surface area contributed by atoms with Gasteiger partial charge in [0, 0.05) is 28.7 Å². The zero-order valence-corrected chi connectivity index (χ0v) is 24.7. The number of nitrogens with zero attached hydrogens (tertiary/aromatic N) is 2. The largest absolute Gasteiger partial charge is 0.354 e. The third-order valence-corrected chi connectivity index (χ3v) is 8.92. The molecule has 0 aliphatic carbocycles. The molecule has 3 rings (SSSR count). The Labute approximate surface area is 244 Å². The van der Waals surface area contributed by atoms with Crippen molar-refractivity contribution in [1.29, 1.82) is 0 Å². The van der Waals surface area contributed by atoms with Crippen LogP contribution in [0.5, 0.6) is 0 Å². The molecule has 0 spiro atoms. The van der Waals surface area contributed by atoms with E-state index in [-0.39, 0.29) is 28.1 Å². The number of hydrogen-bond acceptors (Lipinski definition) is 4. The summed E-state index contributed by atoms with van der Waals surface area (Å²) in [6.07, 6.45) is 1.66. The zero-order valence-electron chi connectivity index (χ0n) is 21.6. The monoisotopic (exact) mass is 609 g/mol. The number of sulfonamides is 1. The minimum absolute atomic E-state index is 0.0104. The van der Waals surface area contributed by atoms with Crippen molar-refractivity contribution in [2.45, 2.75) is 44.2 Å². The molecule has 0 aliphatic rings. The minimum Gasteiger partial charge on any atom is -0.354 e. The van der Waals surface area contributed by atoms with Gasteiger partial charge < -0.3 is 10.2 Å². The number of rotatable bonds is 12. The molecule has 0 heterocycles. The molecule has 3 aromatic carbocycles. The highest BCUT2D eigenvalue weighted by Crippen LogP contribution is 2.31. The van der Waals surface area contributed by atoms with Crippen LogP contribution in [-0.4, -0.2) is 44.3 Å². The fourth-order valence-corrected chi connectivity index (χ4v) is 6.12. The van der Waals surface area contributed by atoms with Crippen molar-refractivity contribution in [3.8, 4) is 0 Å². The van der Waals surface area contributed by atoms with E-state index >= 15 is 0 Å². The average Bonchev–Trinajstić information content (AvgIpc) is 2.92. The fourth-order valence-electron chi connectivity index (χ4n) is 3.86. The van der Waals surface area contributed by atoms with E-state index in [0.29, 0.717) is 22.2 Å². The minimum atomic E-state index is -4.21. The second kappa shape index (κ2) is 14.0. The van der Waals surface area contributed by atoms with Crippen molar-refractivity contribution in [3.05, 3.63) is 93.4 Å². The molecule has 0 aliphatic heterocycles. The topological polar surface area (TPSA) is 86.8 Å². The van der Waals surface area contributed by atoms with E-state index in [0.717, 1.165) is 17.1 Å². The molecule has 0 radical (unpaired) electrons. The average molecular weight is 611 g/mol. The van der Waals surface area contributed by atoms with Crippen LogP contribution in [0.15, 0.2) is 77.7 Å². The summed E-state index contributed by atoms with van der Waals surface area (Å²) in [6.45, 7) is 3.30. The number of carbonyl (C=O) groups is 2. The summed E-state index contributed by atoms with van der Waals surface area (Å²) >= 11 is 19.2. The highest BCUT2D eigenvalue weighted by Gasteiger charge is 2.33. The second-order valence-electron chi connectivity index (χ2n) is 8.82. The molecule has 11 heteroatoms. The summed E-state index contributed by atoms with van der Waals surface area (Å²) < 4.78 is 28.5. The lowest BCUT2D eigenvalue weighted by molar-refractivity contribution is -0.139. The summed E-state index contributed by atoms with van der Waals surface area (Å²) in [5.41, 5.74) is 0.574. The first-order valence-corrected chi connectivity index (χ1v) is 15.0. The molecule has 0 bridgehead atoms. The highest BCUT2D eigenvalue weighted by atomic mass is 35.5. The van der Waals surface area contributed by atoms with E-state index < -0.39 is 28.5 Å². The molecule has 0 unspecified atom stereocenters. The van der Waals surface area contributed by atoms with Crippen LogP contribution in [-0.2, 0) is 26.2 Å². The van der Waals surface area contributed by atoms with Crippen LogP contribution in [0.2, 0.25) is 15.1 Å². The Morgan fingerprint density at radius 3 is 2.08 bits per heavy atom. The first-order valence-electron chi connectivity index (χ1n) is 12.4. The van der Waals surface area contributed by atoms with Crippen molar-refractivity contribution < 1.29 is 18.0 Å². The standard InChI is InChI=1S/C28H30Cl3N3O4S/c1-3-4-17-32-28(36)20(2)33(18-22-23(29)14-10-15-24(22)30)27(35)19-34(26-16-9-8-13-25(26)31)39(37,38)21-11-6-5-7-12-21/h5-16,20H,3-4,17-19H2,1-2H3,(H,32,36)/t20-/m0/s1. The second-order valence-corrected chi connectivity index (χ2v) is 11.9. The third kappa shape index (κ3) is 7.66. The van der Waals surface area contributed by atoms with Crippen LogP contribution in [0.25, 0.3) is 0 Å². The quantitative estimate of drug-likeness (QED) is 0.248. The smallest absolute Gasteiger partial charge is 0.264 e. The molecule has 2 amide bonds. The van der Waals surface area contributed by atoms with Gasteiger partial charge in [-0.25, -0.2) is 8.42 Å². The maximum Gasteiger partial charge on any atom is 0.264 e. The van der Waals surface area contributed by atoms with Gasteiger partial charge in [-0.2, -0.15) is 0 Å².